The maximum absolute atomic E-state index is 12.9. The van der Waals surface area contributed by atoms with Crippen molar-refractivity contribution in [3.63, 3.8) is 0 Å². The number of likely N-dealkylation sites (tertiary alicyclic amines) is 1. The van der Waals surface area contributed by atoms with Crippen molar-refractivity contribution in [2.24, 2.45) is 113 Å². The highest BCUT2D eigenvalue weighted by Gasteiger charge is 2.87. The number of benzene rings is 1. The fourth-order valence-electron chi connectivity index (χ4n) is 26.3. The molecule has 3 heterocycles. The number of rotatable bonds is 9. The highest BCUT2D eigenvalue weighted by molar-refractivity contribution is 6.61. The molecule has 532 valence electrons. The Hall–Kier alpha value is -4.01. The van der Waals surface area contributed by atoms with E-state index in [1.807, 2.05) is 4.90 Å². The van der Waals surface area contributed by atoms with Gasteiger partial charge in [0.2, 0.25) is 0 Å². The van der Waals surface area contributed by atoms with Crippen molar-refractivity contribution in [2.45, 2.75) is 267 Å². The molecular weight excluding hydrogens is 1230 g/mol. The van der Waals surface area contributed by atoms with Gasteiger partial charge in [-0.05, 0) is 218 Å². The summed E-state index contributed by atoms with van der Waals surface area (Å²) in [4.78, 5) is 59.0. The standard InChI is InChI=1S/C36H58N2O6.C32H53NO5.C7H4ClNO4/c1-20(2)27(44-30(40)37-8)22-18-21(3)26-28(42-22)29(39)34(7)24-11-10-23-32(4,5)25(43-31(41)38-16-9-17-38)12-13-35(23)19-36(24,35)15-14-33(26,34)6;1-17(2)24(38-27(36)33-8)19-15-18(3)23-25(37-19)26(35)30(7)21-10-9-20-28(4,5)22(34)11-12-31(20)16-32(21,31)14-13-29(23,30)6;8-7(10)13-6-3-1-5(2-4-6)9(11)12/h20-29,39H,9-19H2,1-8H3,(H,37,40);17-26,34-35H,9-16H2,1-8H3,(H,33,36);1-4H/t21-,22-,23+,24+,25+,26+,27-,28+,29+,33-,34-,35-,36+;18-,19-,20+,21+,22+,23+,24-,25+,26+,29-,30-,31-,32+;/m11./s1. The number of hydrogen-bond acceptors (Lipinski definition) is 15. The number of nitrogens with one attached hydrogen (secondary N) is 2. The molecule has 0 radical (unpaired) electrons. The summed E-state index contributed by atoms with van der Waals surface area (Å²) in [5.74, 6) is 3.82. The Labute approximate surface area is 569 Å². The van der Waals surface area contributed by atoms with Crippen LogP contribution in [0.5, 0.6) is 5.75 Å². The van der Waals surface area contributed by atoms with E-state index in [0.717, 1.165) is 90.1 Å². The number of carbonyl (C=O) groups is 4. The molecule has 20 heteroatoms. The quantitative estimate of drug-likeness (QED) is 0.0667. The number of ether oxygens (including phenoxy) is 6. The normalized spacial score (nSPS) is 46.7. The summed E-state index contributed by atoms with van der Waals surface area (Å²) in [7, 11) is 3.19. The minimum Gasteiger partial charge on any atom is -0.446 e. The van der Waals surface area contributed by atoms with E-state index in [-0.39, 0.29) is 127 Å². The minimum absolute atomic E-state index is 0.0115. The van der Waals surface area contributed by atoms with Crippen molar-refractivity contribution in [1.29, 1.82) is 0 Å². The lowest BCUT2D eigenvalue weighted by Crippen LogP contribution is -2.60. The molecule has 4 spiro atoms. The van der Waals surface area contributed by atoms with Crippen molar-refractivity contribution in [3.05, 3.63) is 34.4 Å². The van der Waals surface area contributed by atoms with Gasteiger partial charge in [-0.2, -0.15) is 0 Å². The van der Waals surface area contributed by atoms with Gasteiger partial charge in [-0.3, -0.25) is 10.1 Å². The van der Waals surface area contributed by atoms with Crippen molar-refractivity contribution >= 4 is 41.0 Å². The Morgan fingerprint density at radius 1 is 0.621 bits per heavy atom. The number of nitro groups is 1. The van der Waals surface area contributed by atoms with Crippen LogP contribution in [0.1, 0.15) is 206 Å². The monoisotopic (exact) mass is 1350 g/mol. The molecule has 3 saturated heterocycles. The molecule has 10 aliphatic carbocycles. The first kappa shape index (κ1) is 70.8. The highest BCUT2D eigenvalue weighted by atomic mass is 35.5. The molecule has 13 aliphatic rings. The fourth-order valence-corrected chi connectivity index (χ4v) is 26.4. The van der Waals surface area contributed by atoms with Gasteiger partial charge in [-0.15, -0.1) is 0 Å². The smallest absolute Gasteiger partial charge is 0.410 e. The molecule has 26 atom stereocenters. The van der Waals surface area contributed by atoms with Gasteiger partial charge in [0.05, 0.1) is 47.7 Å². The lowest BCUT2D eigenvalue weighted by atomic mass is 9.41. The fraction of sp³-hybridized carbons (Fsp3) is 0.867. The zero-order chi connectivity index (χ0) is 69.1. The van der Waals surface area contributed by atoms with E-state index in [1.165, 1.54) is 56.4 Å². The van der Waals surface area contributed by atoms with E-state index in [1.54, 1.807) is 14.1 Å². The summed E-state index contributed by atoms with van der Waals surface area (Å²) in [5.41, 5.74) is -0.374. The van der Waals surface area contributed by atoms with Gasteiger partial charge in [0, 0.05) is 67.2 Å². The number of alkyl carbamates (subject to hydrolysis) is 2. The molecule has 3 aliphatic heterocycles. The van der Waals surface area contributed by atoms with Gasteiger partial charge in [0.15, 0.2) is 0 Å². The number of halogens is 1. The van der Waals surface area contributed by atoms with E-state index in [4.69, 9.17) is 35.3 Å². The third kappa shape index (κ3) is 10.3. The number of nitrogens with zero attached hydrogens (tertiary/aromatic N) is 2. The minimum atomic E-state index is -0.978. The summed E-state index contributed by atoms with van der Waals surface area (Å²) in [6, 6.07) is 5.02. The second kappa shape index (κ2) is 24.4. The molecule has 95 heavy (non-hydrogen) atoms. The zero-order valence-corrected chi connectivity index (χ0v) is 60.6. The van der Waals surface area contributed by atoms with Crippen LogP contribution in [-0.2, 0) is 23.7 Å². The Kier molecular flexibility index (Phi) is 18.2. The molecule has 0 aromatic heterocycles. The number of aliphatic hydroxyl groups excluding tert-OH is 3. The molecule has 19 nitrogen and oxygen atoms in total. The van der Waals surface area contributed by atoms with Crippen molar-refractivity contribution in [3.8, 4) is 5.75 Å². The number of non-ortho nitro benzene ring substituents is 1. The van der Waals surface area contributed by atoms with Crippen molar-refractivity contribution in [1.82, 2.24) is 15.5 Å². The largest absolute Gasteiger partial charge is 0.446 e. The van der Waals surface area contributed by atoms with Crippen molar-refractivity contribution < 1.29 is 67.8 Å². The van der Waals surface area contributed by atoms with Gasteiger partial charge in [0.25, 0.3) is 5.69 Å². The first-order valence-electron chi connectivity index (χ1n) is 36.7. The molecule has 0 bridgehead atoms. The van der Waals surface area contributed by atoms with Crippen LogP contribution in [0.25, 0.3) is 0 Å². The van der Waals surface area contributed by atoms with Crippen LogP contribution in [0, 0.1) is 123 Å². The predicted octanol–water partition coefficient (Wildman–Crippen LogP) is 14.3. The maximum Gasteiger partial charge on any atom is 0.410 e. The van der Waals surface area contributed by atoms with Crippen LogP contribution in [0.3, 0.4) is 0 Å². The second-order valence-electron chi connectivity index (χ2n) is 35.7. The number of fused-ring (bicyclic) bond motifs is 8. The van der Waals surface area contributed by atoms with Crippen LogP contribution >= 0.6 is 11.6 Å². The van der Waals surface area contributed by atoms with Crippen LogP contribution < -0.4 is 15.4 Å². The molecule has 13 fully saturated rings. The lowest BCUT2D eigenvalue weighted by molar-refractivity contribution is -0.384. The molecule has 1 aromatic carbocycles. The third-order valence-electron chi connectivity index (χ3n) is 31.1. The van der Waals surface area contributed by atoms with Crippen molar-refractivity contribution in [2.75, 3.05) is 27.2 Å². The third-order valence-corrected chi connectivity index (χ3v) is 31.2. The van der Waals surface area contributed by atoms with E-state index in [2.05, 4.69) is 112 Å². The SMILES string of the molecule is CNC(=O)O[C@H](C(C)C)[C@H]1C[C@@H](C)[C@H]2[C@H](O1)[C@H](O)[C@@]1(C)[C@@H]3CC[C@H]4C(C)(C)[C@@H](O)CC[C@@]45C[C@@]35CC[C@]21C.CNC(=O)O[C@H](C(C)C)[C@H]1C[C@@H](C)[C@H]2[C@H](O1)[C@H](O)[C@@]1(C)[C@@H]3CC[C@H]4C(C)(C)[C@@H](OC(=O)N5CCC5)CC[C@@]45C[C@@]35CC[C@]21C.O=C(Cl)Oc1ccc([N+](=O)[O-])cc1. The summed E-state index contributed by atoms with van der Waals surface area (Å²) >= 11 is 4.92. The zero-order valence-electron chi connectivity index (χ0n) is 59.8. The Bertz CT molecular complexity index is 3110. The van der Waals surface area contributed by atoms with Gasteiger partial charge in [0.1, 0.15) is 24.1 Å². The molecule has 1 aromatic rings. The summed E-state index contributed by atoms with van der Waals surface area (Å²) in [5, 5.41) is 51.2. The van der Waals surface area contributed by atoms with Gasteiger partial charge >= 0.3 is 23.7 Å². The van der Waals surface area contributed by atoms with E-state index >= 15 is 0 Å². The van der Waals surface area contributed by atoms with Gasteiger partial charge in [-0.1, -0.05) is 96.9 Å². The van der Waals surface area contributed by atoms with Gasteiger partial charge in [-0.25, -0.2) is 19.2 Å². The highest BCUT2D eigenvalue weighted by Crippen LogP contribution is 2.91. The number of aliphatic hydroxyl groups is 3. The number of nitro benzene ring substituents is 1. The molecule has 10 saturated carbocycles. The molecule has 5 N–H and O–H groups in total. The number of carbonyl (C=O) groups excluding carboxylic acids is 4. The second-order valence-corrected chi connectivity index (χ2v) is 36.0. The van der Waals surface area contributed by atoms with Crippen LogP contribution in [0.15, 0.2) is 24.3 Å². The van der Waals surface area contributed by atoms with E-state index in [0.29, 0.717) is 52.3 Å². The topological polar surface area (TPSA) is 255 Å². The van der Waals surface area contributed by atoms with E-state index in [9.17, 15) is 44.6 Å². The Morgan fingerprint density at radius 2 is 1.04 bits per heavy atom. The summed E-state index contributed by atoms with van der Waals surface area (Å²) < 4.78 is 36.2. The molecule has 14 rings (SSSR count). The summed E-state index contributed by atoms with van der Waals surface area (Å²) in [6.45, 7) is 33.8. The van der Waals surface area contributed by atoms with Crippen LogP contribution in [-0.4, -0.2) is 137 Å². The predicted molar refractivity (Wildman–Crippen MR) is 358 cm³/mol. The average molecular weight is 1350 g/mol. The van der Waals surface area contributed by atoms with Crippen LogP contribution in [0.4, 0.5) is 24.9 Å². The Balaban J connectivity index is 0.000000154. The number of hydrogen-bond donors (Lipinski definition) is 5. The Morgan fingerprint density at radius 3 is 1.44 bits per heavy atom. The lowest BCUT2D eigenvalue weighted by Gasteiger charge is -2.63. The number of amides is 3. The maximum atomic E-state index is 12.9. The van der Waals surface area contributed by atoms with Crippen LogP contribution in [0.2, 0.25) is 0 Å². The first-order chi connectivity index (χ1) is 44.5. The van der Waals surface area contributed by atoms with Gasteiger partial charge < -0.3 is 59.3 Å². The summed E-state index contributed by atoms with van der Waals surface area (Å²) in [6.07, 6.45) is 15.0. The van der Waals surface area contributed by atoms with E-state index < -0.39 is 34.7 Å². The molecule has 0 unspecified atom stereocenters. The average Bonchev–Trinajstić information content (AvgIpc) is 1.47. The molecule has 3 amide bonds. The molecular formula is C75H115ClN4O15. The first-order valence-corrected chi connectivity index (χ1v) is 37.1.